The number of nitrogens with zero attached hydrogens (tertiary/aromatic N) is 1. The van der Waals surface area contributed by atoms with Crippen molar-refractivity contribution >= 4 is 0 Å². The third-order valence-corrected chi connectivity index (χ3v) is 4.15. The Morgan fingerprint density at radius 2 is 2.12 bits per heavy atom. The second-order valence-corrected chi connectivity index (χ2v) is 5.70. The fraction of sp³-hybridized carbons (Fsp3) is 0.600. The maximum absolute atomic E-state index is 3.68. The first-order valence-corrected chi connectivity index (χ1v) is 6.84. The van der Waals surface area contributed by atoms with Gasteiger partial charge in [0.25, 0.3) is 0 Å². The molecule has 2 heteroatoms. The first-order valence-electron chi connectivity index (χ1n) is 6.84. The van der Waals surface area contributed by atoms with Gasteiger partial charge in [0.15, 0.2) is 0 Å². The van der Waals surface area contributed by atoms with Crippen molar-refractivity contribution in [1.82, 2.24) is 10.2 Å². The predicted octanol–water partition coefficient (Wildman–Crippen LogP) is 2.04. The van der Waals surface area contributed by atoms with E-state index in [4.69, 9.17) is 0 Å². The van der Waals surface area contributed by atoms with Crippen LogP contribution >= 0.6 is 0 Å². The number of hydrogen-bond acceptors (Lipinski definition) is 2. The molecule has 3 rings (SSSR count). The molecule has 1 fully saturated rings. The lowest BCUT2D eigenvalue weighted by atomic mass is 9.96. The van der Waals surface area contributed by atoms with Gasteiger partial charge < -0.3 is 10.2 Å². The largest absolute Gasteiger partial charge is 0.308 e. The predicted molar refractivity (Wildman–Crippen MR) is 71.0 cm³/mol. The average Bonchev–Trinajstić information content (AvgIpc) is 2.75. The molecule has 2 heterocycles. The van der Waals surface area contributed by atoms with Gasteiger partial charge in [-0.1, -0.05) is 31.2 Å². The SMILES string of the molecule is C[C@H]1CCN(C[C@@H]2Cc3ccccc3CN2)C1. The van der Waals surface area contributed by atoms with E-state index in [-0.39, 0.29) is 0 Å². The van der Waals surface area contributed by atoms with E-state index in [1.165, 1.54) is 38.0 Å². The first kappa shape index (κ1) is 11.2. The van der Waals surface area contributed by atoms with Crippen LogP contribution in [0.3, 0.4) is 0 Å². The molecule has 0 spiro atoms. The Kier molecular flexibility index (Phi) is 3.17. The zero-order valence-electron chi connectivity index (χ0n) is 10.7. The highest BCUT2D eigenvalue weighted by Crippen LogP contribution is 2.19. The van der Waals surface area contributed by atoms with E-state index in [0.717, 1.165) is 12.5 Å². The summed E-state index contributed by atoms with van der Waals surface area (Å²) >= 11 is 0. The normalized spacial score (nSPS) is 29.2. The third kappa shape index (κ3) is 2.53. The summed E-state index contributed by atoms with van der Waals surface area (Å²) in [5.74, 6) is 0.894. The summed E-state index contributed by atoms with van der Waals surface area (Å²) in [6.07, 6.45) is 2.57. The van der Waals surface area contributed by atoms with Gasteiger partial charge in [0.05, 0.1) is 0 Å². The first-order chi connectivity index (χ1) is 8.31. The molecular formula is C15H22N2. The Morgan fingerprint density at radius 1 is 1.29 bits per heavy atom. The lowest BCUT2D eigenvalue weighted by molar-refractivity contribution is 0.275. The zero-order valence-corrected chi connectivity index (χ0v) is 10.7. The van der Waals surface area contributed by atoms with Crippen LogP contribution in [0.25, 0.3) is 0 Å². The Bertz CT molecular complexity index is 388. The minimum Gasteiger partial charge on any atom is -0.308 e. The highest BCUT2D eigenvalue weighted by molar-refractivity contribution is 5.29. The molecule has 0 saturated carbocycles. The Morgan fingerprint density at radius 3 is 2.88 bits per heavy atom. The Labute approximate surface area is 104 Å². The second kappa shape index (κ2) is 4.79. The topological polar surface area (TPSA) is 15.3 Å². The van der Waals surface area contributed by atoms with Gasteiger partial charge >= 0.3 is 0 Å². The van der Waals surface area contributed by atoms with Crippen LogP contribution < -0.4 is 5.32 Å². The van der Waals surface area contributed by atoms with E-state index in [1.54, 1.807) is 5.56 Å². The Hall–Kier alpha value is -0.860. The molecule has 17 heavy (non-hydrogen) atoms. The van der Waals surface area contributed by atoms with E-state index in [1.807, 2.05) is 0 Å². The lowest BCUT2D eigenvalue weighted by Gasteiger charge is -2.29. The minimum atomic E-state index is 0.648. The second-order valence-electron chi connectivity index (χ2n) is 5.70. The van der Waals surface area contributed by atoms with Crippen LogP contribution in [0.4, 0.5) is 0 Å². The number of benzene rings is 1. The molecular weight excluding hydrogens is 208 g/mol. The highest BCUT2D eigenvalue weighted by atomic mass is 15.2. The molecule has 1 aromatic carbocycles. The molecule has 0 aromatic heterocycles. The average molecular weight is 230 g/mol. The molecule has 2 nitrogen and oxygen atoms in total. The van der Waals surface area contributed by atoms with Crippen LogP contribution in [0.1, 0.15) is 24.5 Å². The van der Waals surface area contributed by atoms with E-state index in [0.29, 0.717) is 6.04 Å². The maximum atomic E-state index is 3.68. The summed E-state index contributed by atoms with van der Waals surface area (Å²) < 4.78 is 0. The van der Waals surface area contributed by atoms with E-state index < -0.39 is 0 Å². The van der Waals surface area contributed by atoms with Crippen LogP contribution in [-0.2, 0) is 13.0 Å². The van der Waals surface area contributed by atoms with Gasteiger partial charge in [0.2, 0.25) is 0 Å². The molecule has 1 saturated heterocycles. The van der Waals surface area contributed by atoms with Crippen molar-refractivity contribution < 1.29 is 0 Å². The molecule has 0 radical (unpaired) electrons. The van der Waals surface area contributed by atoms with Crippen LogP contribution in [0.2, 0.25) is 0 Å². The summed E-state index contributed by atoms with van der Waals surface area (Å²) in [4.78, 5) is 2.62. The van der Waals surface area contributed by atoms with Gasteiger partial charge in [-0.2, -0.15) is 0 Å². The number of rotatable bonds is 2. The molecule has 0 unspecified atom stereocenters. The summed E-state index contributed by atoms with van der Waals surface area (Å²) in [7, 11) is 0. The fourth-order valence-corrected chi connectivity index (χ4v) is 3.15. The lowest BCUT2D eigenvalue weighted by Crippen LogP contribution is -2.44. The maximum Gasteiger partial charge on any atom is 0.0238 e. The van der Waals surface area contributed by atoms with Crippen molar-refractivity contribution in [2.75, 3.05) is 19.6 Å². The molecule has 0 amide bonds. The van der Waals surface area contributed by atoms with Crippen molar-refractivity contribution in [1.29, 1.82) is 0 Å². The van der Waals surface area contributed by atoms with E-state index >= 15 is 0 Å². The summed E-state index contributed by atoms with van der Waals surface area (Å²) in [6.45, 7) is 7.22. The van der Waals surface area contributed by atoms with Gasteiger partial charge in [0, 0.05) is 25.7 Å². The quantitative estimate of drug-likeness (QED) is 0.836. The van der Waals surface area contributed by atoms with E-state index in [9.17, 15) is 0 Å². The van der Waals surface area contributed by atoms with Gasteiger partial charge in [0.1, 0.15) is 0 Å². The molecule has 2 aliphatic rings. The monoisotopic (exact) mass is 230 g/mol. The summed E-state index contributed by atoms with van der Waals surface area (Å²) in [5, 5.41) is 3.68. The van der Waals surface area contributed by atoms with Crippen LogP contribution in [0.15, 0.2) is 24.3 Å². The molecule has 2 aliphatic heterocycles. The number of likely N-dealkylation sites (tertiary alicyclic amines) is 1. The zero-order chi connectivity index (χ0) is 11.7. The number of nitrogens with one attached hydrogen (secondary N) is 1. The van der Waals surface area contributed by atoms with Gasteiger partial charge in [-0.25, -0.2) is 0 Å². The van der Waals surface area contributed by atoms with Gasteiger partial charge in [-0.3, -0.25) is 0 Å². The van der Waals surface area contributed by atoms with Crippen molar-refractivity contribution in [2.45, 2.75) is 32.4 Å². The molecule has 0 bridgehead atoms. The standard InChI is InChI=1S/C15H22N2/c1-12-6-7-17(10-12)11-15-8-13-4-2-3-5-14(13)9-16-15/h2-5,12,15-16H,6-11H2,1H3/t12-,15-/m0/s1. The minimum absolute atomic E-state index is 0.648. The smallest absolute Gasteiger partial charge is 0.0238 e. The van der Waals surface area contributed by atoms with Crippen LogP contribution in [0, 0.1) is 5.92 Å². The molecule has 1 aromatic rings. The molecule has 0 aliphatic carbocycles. The van der Waals surface area contributed by atoms with Gasteiger partial charge in [-0.05, 0) is 36.4 Å². The molecule has 2 atom stereocenters. The van der Waals surface area contributed by atoms with Crippen molar-refractivity contribution in [3.05, 3.63) is 35.4 Å². The van der Waals surface area contributed by atoms with Crippen molar-refractivity contribution in [3.8, 4) is 0 Å². The van der Waals surface area contributed by atoms with Crippen molar-refractivity contribution in [3.63, 3.8) is 0 Å². The van der Waals surface area contributed by atoms with Crippen LogP contribution in [0.5, 0.6) is 0 Å². The number of hydrogen-bond donors (Lipinski definition) is 1. The molecule has 92 valence electrons. The molecule has 1 N–H and O–H groups in total. The van der Waals surface area contributed by atoms with E-state index in [2.05, 4.69) is 41.4 Å². The van der Waals surface area contributed by atoms with Crippen LogP contribution in [-0.4, -0.2) is 30.6 Å². The summed E-state index contributed by atoms with van der Waals surface area (Å²) in [6, 6.07) is 9.49. The summed E-state index contributed by atoms with van der Waals surface area (Å²) in [5.41, 5.74) is 3.03. The third-order valence-electron chi connectivity index (χ3n) is 4.15. The highest BCUT2D eigenvalue weighted by Gasteiger charge is 2.24. The number of fused-ring (bicyclic) bond motifs is 1. The van der Waals surface area contributed by atoms with Crippen molar-refractivity contribution in [2.24, 2.45) is 5.92 Å². The van der Waals surface area contributed by atoms with Gasteiger partial charge in [-0.15, -0.1) is 0 Å². The fourth-order valence-electron chi connectivity index (χ4n) is 3.15. The Balaban J connectivity index is 1.61.